The Hall–Kier alpha value is -1.38. The number of aromatic nitrogens is 3. The maximum absolute atomic E-state index is 4.55. The molecule has 3 heteroatoms. The van der Waals surface area contributed by atoms with Crippen LogP contribution in [0, 0.1) is 6.92 Å². The van der Waals surface area contributed by atoms with Crippen LogP contribution in [0.25, 0.3) is 11.2 Å². The molecule has 2 aromatic heterocycles. The number of fused-ring (bicyclic) bond motifs is 1. The molecule has 0 fully saturated rings. The molecule has 0 aromatic carbocycles. The van der Waals surface area contributed by atoms with Crippen LogP contribution in [-0.2, 0) is 0 Å². The highest BCUT2D eigenvalue weighted by Crippen LogP contribution is 2.22. The number of rotatable bonds is 3. The quantitative estimate of drug-likeness (QED) is 0.832. The molecule has 2 heterocycles. The van der Waals surface area contributed by atoms with Crippen molar-refractivity contribution in [1.82, 2.24) is 15.0 Å². The van der Waals surface area contributed by atoms with E-state index in [4.69, 9.17) is 0 Å². The molecule has 1 N–H and O–H groups in total. The summed E-state index contributed by atoms with van der Waals surface area (Å²) in [5.74, 6) is 1.60. The van der Waals surface area contributed by atoms with E-state index in [0.29, 0.717) is 5.92 Å². The van der Waals surface area contributed by atoms with Gasteiger partial charge in [-0.2, -0.15) is 0 Å². The van der Waals surface area contributed by atoms with E-state index < -0.39 is 0 Å². The monoisotopic (exact) mass is 203 g/mol. The Morgan fingerprint density at radius 2 is 1.93 bits per heavy atom. The maximum Gasteiger partial charge on any atom is 0.177 e. The normalized spacial score (nSPS) is 11.5. The van der Waals surface area contributed by atoms with Gasteiger partial charge in [-0.3, -0.25) is 0 Å². The van der Waals surface area contributed by atoms with Crippen LogP contribution >= 0.6 is 0 Å². The van der Waals surface area contributed by atoms with Crippen LogP contribution in [-0.4, -0.2) is 15.0 Å². The van der Waals surface area contributed by atoms with Crippen molar-refractivity contribution in [2.24, 2.45) is 0 Å². The molecular formula is C12H17N3. The van der Waals surface area contributed by atoms with E-state index in [2.05, 4.69) is 34.9 Å². The number of H-pyrrole nitrogens is 1. The summed E-state index contributed by atoms with van der Waals surface area (Å²) in [6.45, 7) is 6.38. The van der Waals surface area contributed by atoms with Crippen LogP contribution in [0.3, 0.4) is 0 Å². The Kier molecular flexibility index (Phi) is 2.71. The summed E-state index contributed by atoms with van der Waals surface area (Å²) in [6.07, 6.45) is 2.24. The third-order valence-electron chi connectivity index (χ3n) is 2.88. The summed E-state index contributed by atoms with van der Waals surface area (Å²) in [4.78, 5) is 12.3. The third kappa shape index (κ3) is 1.87. The fraction of sp³-hybridized carbons (Fsp3) is 0.500. The zero-order valence-corrected chi connectivity index (χ0v) is 9.54. The van der Waals surface area contributed by atoms with E-state index in [9.17, 15) is 0 Å². The number of hydrogen-bond donors (Lipinski definition) is 1. The van der Waals surface area contributed by atoms with Crippen molar-refractivity contribution in [2.45, 2.75) is 39.5 Å². The van der Waals surface area contributed by atoms with Crippen LogP contribution in [0.4, 0.5) is 0 Å². The van der Waals surface area contributed by atoms with E-state index in [-0.39, 0.29) is 0 Å². The SMILES string of the molecule is CCC(CC)c1nc2nc(C)ccc2[nH]1. The molecule has 15 heavy (non-hydrogen) atoms. The highest BCUT2D eigenvalue weighted by atomic mass is 15.0. The lowest BCUT2D eigenvalue weighted by Crippen LogP contribution is -1.97. The molecule has 0 aliphatic rings. The largest absolute Gasteiger partial charge is 0.340 e. The smallest absolute Gasteiger partial charge is 0.177 e. The third-order valence-corrected chi connectivity index (χ3v) is 2.88. The van der Waals surface area contributed by atoms with Crippen LogP contribution in [0.15, 0.2) is 12.1 Å². The molecule has 3 nitrogen and oxygen atoms in total. The second-order valence-corrected chi connectivity index (χ2v) is 3.96. The average Bonchev–Trinajstić information content (AvgIpc) is 2.62. The van der Waals surface area contributed by atoms with Crippen molar-refractivity contribution in [1.29, 1.82) is 0 Å². The molecule has 0 atom stereocenters. The number of aryl methyl sites for hydroxylation is 1. The first-order valence-electron chi connectivity index (χ1n) is 5.57. The Morgan fingerprint density at radius 1 is 1.20 bits per heavy atom. The molecule has 0 radical (unpaired) electrons. The van der Waals surface area contributed by atoms with Gasteiger partial charge in [-0.1, -0.05) is 13.8 Å². The average molecular weight is 203 g/mol. The molecule has 0 aliphatic carbocycles. The van der Waals surface area contributed by atoms with Crippen molar-refractivity contribution in [3.05, 3.63) is 23.7 Å². The van der Waals surface area contributed by atoms with Gasteiger partial charge in [0.05, 0.1) is 5.52 Å². The molecule has 0 saturated carbocycles. The van der Waals surface area contributed by atoms with Gasteiger partial charge < -0.3 is 4.98 Å². The highest BCUT2D eigenvalue weighted by molar-refractivity contribution is 5.70. The van der Waals surface area contributed by atoms with Gasteiger partial charge in [0.15, 0.2) is 5.65 Å². The fourth-order valence-corrected chi connectivity index (χ4v) is 1.87. The molecule has 80 valence electrons. The molecule has 0 unspecified atom stereocenters. The second kappa shape index (κ2) is 4.01. The lowest BCUT2D eigenvalue weighted by Gasteiger charge is -2.06. The van der Waals surface area contributed by atoms with E-state index in [1.165, 1.54) is 0 Å². The van der Waals surface area contributed by atoms with Gasteiger partial charge in [0.1, 0.15) is 5.82 Å². The first-order chi connectivity index (χ1) is 7.24. The van der Waals surface area contributed by atoms with Crippen LogP contribution in [0.5, 0.6) is 0 Å². The van der Waals surface area contributed by atoms with E-state index in [0.717, 1.165) is 35.5 Å². The molecule has 0 bridgehead atoms. The first-order valence-corrected chi connectivity index (χ1v) is 5.57. The molecule has 0 amide bonds. The molecule has 2 rings (SSSR count). The summed E-state index contributed by atoms with van der Waals surface area (Å²) >= 11 is 0. The van der Waals surface area contributed by atoms with Gasteiger partial charge in [-0.25, -0.2) is 9.97 Å². The Balaban J connectivity index is 2.46. The standard InChI is InChI=1S/C12H17N3/c1-4-9(5-2)11-14-10-7-6-8(3)13-12(10)15-11/h6-7,9H,4-5H2,1-3H3,(H,13,14,15). The molecule has 0 aliphatic heterocycles. The Labute approximate surface area is 90.0 Å². The minimum Gasteiger partial charge on any atom is -0.340 e. The number of pyridine rings is 1. The van der Waals surface area contributed by atoms with Gasteiger partial charge in [0.2, 0.25) is 0 Å². The van der Waals surface area contributed by atoms with Gasteiger partial charge in [0, 0.05) is 11.6 Å². The highest BCUT2D eigenvalue weighted by Gasteiger charge is 2.12. The number of nitrogens with zero attached hydrogens (tertiary/aromatic N) is 2. The summed E-state index contributed by atoms with van der Waals surface area (Å²) in [5.41, 5.74) is 2.91. The van der Waals surface area contributed by atoms with Gasteiger partial charge in [-0.15, -0.1) is 0 Å². The summed E-state index contributed by atoms with van der Waals surface area (Å²) in [6, 6.07) is 4.06. The Morgan fingerprint density at radius 3 is 2.60 bits per heavy atom. The summed E-state index contributed by atoms with van der Waals surface area (Å²) in [5, 5.41) is 0. The van der Waals surface area contributed by atoms with Gasteiger partial charge in [0.25, 0.3) is 0 Å². The van der Waals surface area contributed by atoms with E-state index in [1.807, 2.05) is 13.0 Å². The fourth-order valence-electron chi connectivity index (χ4n) is 1.87. The van der Waals surface area contributed by atoms with Crippen LogP contribution < -0.4 is 0 Å². The van der Waals surface area contributed by atoms with Crippen molar-refractivity contribution in [3.63, 3.8) is 0 Å². The number of aromatic amines is 1. The van der Waals surface area contributed by atoms with Gasteiger partial charge >= 0.3 is 0 Å². The summed E-state index contributed by atoms with van der Waals surface area (Å²) in [7, 11) is 0. The lowest BCUT2D eigenvalue weighted by atomic mass is 10.0. The predicted octanol–water partition coefficient (Wildman–Crippen LogP) is 3.17. The van der Waals surface area contributed by atoms with Gasteiger partial charge in [-0.05, 0) is 31.9 Å². The molecule has 0 spiro atoms. The zero-order chi connectivity index (χ0) is 10.8. The molecular weight excluding hydrogens is 186 g/mol. The second-order valence-electron chi connectivity index (χ2n) is 3.96. The number of hydrogen-bond acceptors (Lipinski definition) is 2. The maximum atomic E-state index is 4.55. The predicted molar refractivity (Wildman–Crippen MR) is 61.9 cm³/mol. The van der Waals surface area contributed by atoms with E-state index in [1.54, 1.807) is 0 Å². The van der Waals surface area contributed by atoms with Crippen molar-refractivity contribution < 1.29 is 0 Å². The van der Waals surface area contributed by atoms with Crippen molar-refractivity contribution in [2.75, 3.05) is 0 Å². The van der Waals surface area contributed by atoms with Crippen LogP contribution in [0.1, 0.15) is 44.1 Å². The topological polar surface area (TPSA) is 41.6 Å². The lowest BCUT2D eigenvalue weighted by molar-refractivity contribution is 0.610. The van der Waals surface area contributed by atoms with Crippen molar-refractivity contribution >= 4 is 11.2 Å². The molecule has 2 aromatic rings. The minimum absolute atomic E-state index is 0.527. The summed E-state index contributed by atoms with van der Waals surface area (Å²) < 4.78 is 0. The zero-order valence-electron chi connectivity index (χ0n) is 9.54. The number of imidazole rings is 1. The van der Waals surface area contributed by atoms with Crippen molar-refractivity contribution in [3.8, 4) is 0 Å². The first kappa shape index (κ1) is 10.1. The Bertz CT molecular complexity index is 455. The minimum atomic E-state index is 0.527. The van der Waals surface area contributed by atoms with E-state index >= 15 is 0 Å². The molecule has 0 saturated heterocycles. The number of nitrogens with one attached hydrogen (secondary N) is 1. The van der Waals surface area contributed by atoms with Crippen LogP contribution in [0.2, 0.25) is 0 Å².